The molecule has 3 nitrogen and oxygen atoms in total. The van der Waals surface area contributed by atoms with Gasteiger partial charge in [-0.05, 0) is 43.2 Å². The van der Waals surface area contributed by atoms with E-state index in [4.69, 9.17) is 4.74 Å². The lowest BCUT2D eigenvalue weighted by atomic mass is 9.78. The molecule has 0 saturated carbocycles. The van der Waals surface area contributed by atoms with Crippen LogP contribution in [0, 0.1) is 5.41 Å². The summed E-state index contributed by atoms with van der Waals surface area (Å²) in [6, 6.07) is 8.06. The number of hydrogen-bond donors (Lipinski definition) is 1. The van der Waals surface area contributed by atoms with Gasteiger partial charge in [-0.1, -0.05) is 45.9 Å². The quantitative estimate of drug-likeness (QED) is 0.661. The predicted octanol–water partition coefficient (Wildman–Crippen LogP) is 4.86. The molecule has 0 spiro atoms. The van der Waals surface area contributed by atoms with Crippen LogP contribution in [0.25, 0.3) is 0 Å². The summed E-state index contributed by atoms with van der Waals surface area (Å²) in [7, 11) is 0. The summed E-state index contributed by atoms with van der Waals surface area (Å²) in [6.07, 6.45) is 2.77. The van der Waals surface area contributed by atoms with Gasteiger partial charge < -0.3 is 9.84 Å². The van der Waals surface area contributed by atoms with Crippen LogP contribution < -0.4 is 4.74 Å². The van der Waals surface area contributed by atoms with Crippen LogP contribution in [-0.2, 0) is 4.79 Å². The van der Waals surface area contributed by atoms with E-state index in [-0.39, 0.29) is 0 Å². The number of rotatable bonds is 9. The molecule has 0 bridgehead atoms. The lowest BCUT2D eigenvalue weighted by Gasteiger charge is -2.26. The number of carboxylic acids is 1. The molecule has 21 heavy (non-hydrogen) atoms. The topological polar surface area (TPSA) is 46.5 Å². The second-order valence-corrected chi connectivity index (χ2v) is 5.94. The average Bonchev–Trinajstić information content (AvgIpc) is 2.48. The van der Waals surface area contributed by atoms with Crippen molar-refractivity contribution in [1.29, 1.82) is 0 Å². The van der Waals surface area contributed by atoms with Gasteiger partial charge in [-0.25, -0.2) is 0 Å². The van der Waals surface area contributed by atoms with Crippen molar-refractivity contribution in [1.82, 2.24) is 0 Å². The number of carbonyl (C=O) groups is 1. The maximum Gasteiger partial charge on any atom is 0.309 e. The van der Waals surface area contributed by atoms with Crippen LogP contribution in [0.3, 0.4) is 0 Å². The van der Waals surface area contributed by atoms with E-state index in [0.29, 0.717) is 31.8 Å². The molecule has 0 fully saturated rings. The van der Waals surface area contributed by atoms with Gasteiger partial charge in [0, 0.05) is 0 Å². The number of ether oxygens (including phenoxy) is 1. The van der Waals surface area contributed by atoms with Crippen LogP contribution in [0.1, 0.15) is 64.9 Å². The summed E-state index contributed by atoms with van der Waals surface area (Å²) in [5.41, 5.74) is 0.606. The molecule has 0 aliphatic rings. The fourth-order valence-corrected chi connectivity index (χ4v) is 2.69. The lowest BCUT2D eigenvalue weighted by molar-refractivity contribution is -0.150. The van der Waals surface area contributed by atoms with Crippen molar-refractivity contribution >= 4 is 5.97 Å². The molecule has 0 radical (unpaired) electrons. The molecule has 1 aromatic rings. The Morgan fingerprint density at radius 3 is 2.38 bits per heavy atom. The molecule has 1 aromatic carbocycles. The molecule has 1 rings (SSSR count). The highest BCUT2D eigenvalue weighted by atomic mass is 16.5. The summed E-state index contributed by atoms with van der Waals surface area (Å²) >= 11 is 0. The third-order valence-corrected chi connectivity index (χ3v) is 4.41. The third kappa shape index (κ3) is 4.48. The van der Waals surface area contributed by atoms with E-state index in [1.165, 1.54) is 5.56 Å². The van der Waals surface area contributed by atoms with Crippen molar-refractivity contribution in [2.45, 2.75) is 59.3 Å². The molecule has 0 saturated heterocycles. The highest BCUT2D eigenvalue weighted by molar-refractivity contribution is 5.74. The van der Waals surface area contributed by atoms with Crippen molar-refractivity contribution in [3.05, 3.63) is 29.8 Å². The van der Waals surface area contributed by atoms with Gasteiger partial charge in [0.05, 0.1) is 12.0 Å². The van der Waals surface area contributed by atoms with Gasteiger partial charge in [-0.2, -0.15) is 0 Å². The summed E-state index contributed by atoms with van der Waals surface area (Å²) in [4.78, 5) is 11.5. The smallest absolute Gasteiger partial charge is 0.309 e. The summed E-state index contributed by atoms with van der Waals surface area (Å²) in [6.45, 7) is 8.76. The van der Waals surface area contributed by atoms with Crippen molar-refractivity contribution < 1.29 is 14.6 Å². The molecule has 118 valence electrons. The van der Waals surface area contributed by atoms with Crippen molar-refractivity contribution in [2.75, 3.05) is 6.61 Å². The second kappa shape index (κ2) is 8.06. The van der Waals surface area contributed by atoms with Crippen LogP contribution >= 0.6 is 0 Å². The van der Waals surface area contributed by atoms with Crippen molar-refractivity contribution in [3.8, 4) is 5.75 Å². The van der Waals surface area contributed by atoms with E-state index >= 15 is 0 Å². The second-order valence-electron chi connectivity index (χ2n) is 5.94. The first-order valence-electron chi connectivity index (χ1n) is 7.92. The monoisotopic (exact) mass is 292 g/mol. The van der Waals surface area contributed by atoms with Crippen LogP contribution in [0.15, 0.2) is 24.3 Å². The van der Waals surface area contributed by atoms with E-state index < -0.39 is 11.4 Å². The normalized spacial score (nSPS) is 11.7. The fraction of sp³-hybridized carbons (Fsp3) is 0.611. The van der Waals surface area contributed by atoms with Crippen LogP contribution in [0.5, 0.6) is 5.75 Å². The molecular weight excluding hydrogens is 264 g/mol. The number of benzene rings is 1. The Labute approximate surface area is 128 Å². The highest BCUT2D eigenvalue weighted by Gasteiger charge is 2.33. The van der Waals surface area contributed by atoms with Gasteiger partial charge in [0.25, 0.3) is 0 Å². The Bertz CT molecular complexity index is 448. The van der Waals surface area contributed by atoms with Gasteiger partial charge in [0.1, 0.15) is 5.75 Å². The van der Waals surface area contributed by atoms with Crippen LogP contribution in [-0.4, -0.2) is 17.7 Å². The molecule has 1 N–H and O–H groups in total. The molecule has 0 amide bonds. The van der Waals surface area contributed by atoms with Crippen molar-refractivity contribution in [3.63, 3.8) is 0 Å². The number of carboxylic acid groups (broad SMARTS) is 1. The van der Waals surface area contributed by atoms with E-state index in [1.54, 1.807) is 0 Å². The van der Waals surface area contributed by atoms with Crippen LogP contribution in [0.2, 0.25) is 0 Å². The Balaban J connectivity index is 2.56. The zero-order valence-corrected chi connectivity index (χ0v) is 13.7. The molecule has 0 unspecified atom stereocenters. The molecule has 0 heterocycles. The van der Waals surface area contributed by atoms with Crippen LogP contribution in [0.4, 0.5) is 0 Å². The highest BCUT2D eigenvalue weighted by Crippen LogP contribution is 2.32. The summed E-state index contributed by atoms with van der Waals surface area (Å²) in [5, 5.41) is 9.42. The zero-order valence-electron chi connectivity index (χ0n) is 13.7. The molecule has 0 atom stereocenters. The van der Waals surface area contributed by atoms with Gasteiger partial charge in [0.2, 0.25) is 0 Å². The van der Waals surface area contributed by atoms with Crippen molar-refractivity contribution in [2.24, 2.45) is 5.41 Å². The number of aliphatic carboxylic acids is 1. The summed E-state index contributed by atoms with van der Waals surface area (Å²) in [5.74, 6) is 0.655. The van der Waals surface area contributed by atoms with E-state index in [9.17, 15) is 9.90 Å². The Hall–Kier alpha value is -1.51. The van der Waals surface area contributed by atoms with E-state index in [1.807, 2.05) is 32.0 Å². The van der Waals surface area contributed by atoms with Gasteiger partial charge in [-0.3, -0.25) is 4.79 Å². The first-order valence-corrected chi connectivity index (χ1v) is 7.92. The minimum absolute atomic E-state index is 0.422. The molecular formula is C18H28O3. The van der Waals surface area contributed by atoms with E-state index in [2.05, 4.69) is 19.9 Å². The SMILES string of the molecule is CCC(CC)(CCCOc1ccccc1C(C)C)C(=O)O. The molecule has 0 aromatic heterocycles. The number of para-hydroxylation sites is 1. The molecule has 3 heteroatoms. The Kier molecular flexibility index (Phi) is 6.73. The Morgan fingerprint density at radius 2 is 1.86 bits per heavy atom. The Morgan fingerprint density at radius 1 is 1.24 bits per heavy atom. The maximum absolute atomic E-state index is 11.5. The standard InChI is InChI=1S/C18H28O3/c1-5-18(6-2,17(19)20)12-9-13-21-16-11-8-7-10-15(16)14(3)4/h7-8,10-11,14H,5-6,9,12-13H2,1-4H3,(H,19,20). The largest absolute Gasteiger partial charge is 0.493 e. The number of hydrogen-bond acceptors (Lipinski definition) is 2. The molecule has 0 aliphatic carbocycles. The van der Waals surface area contributed by atoms with Gasteiger partial charge >= 0.3 is 5.97 Å². The minimum Gasteiger partial charge on any atom is -0.493 e. The van der Waals surface area contributed by atoms with E-state index in [0.717, 1.165) is 12.2 Å². The third-order valence-electron chi connectivity index (χ3n) is 4.41. The van der Waals surface area contributed by atoms with Gasteiger partial charge in [-0.15, -0.1) is 0 Å². The predicted molar refractivity (Wildman–Crippen MR) is 85.9 cm³/mol. The first-order chi connectivity index (χ1) is 9.96. The fourth-order valence-electron chi connectivity index (χ4n) is 2.69. The first kappa shape index (κ1) is 17.5. The zero-order chi connectivity index (χ0) is 15.9. The minimum atomic E-state index is -0.685. The van der Waals surface area contributed by atoms with Gasteiger partial charge in [0.15, 0.2) is 0 Å². The average molecular weight is 292 g/mol. The lowest BCUT2D eigenvalue weighted by Crippen LogP contribution is -2.30. The molecule has 0 aliphatic heterocycles. The maximum atomic E-state index is 11.5. The summed E-state index contributed by atoms with van der Waals surface area (Å²) < 4.78 is 5.87.